The summed E-state index contributed by atoms with van der Waals surface area (Å²) in [5.41, 5.74) is 8.52. The number of hydrogen-bond donors (Lipinski definition) is 2. The number of fused-ring (bicyclic) bond motifs is 2. The zero-order chi connectivity index (χ0) is 52.9. The van der Waals surface area contributed by atoms with Gasteiger partial charge in [0.05, 0.1) is 56.4 Å². The molecule has 5 aromatic carbocycles. The van der Waals surface area contributed by atoms with E-state index in [1.807, 2.05) is 4.90 Å². The summed E-state index contributed by atoms with van der Waals surface area (Å²) in [4.78, 5) is 27.7. The second kappa shape index (κ2) is 24.8. The number of nitro benzene ring substituents is 1. The summed E-state index contributed by atoms with van der Waals surface area (Å²) in [5.74, 6) is 0.699. The highest BCUT2D eigenvalue weighted by molar-refractivity contribution is 7.47. The highest BCUT2D eigenvalue weighted by Gasteiger charge is 2.42. The van der Waals surface area contributed by atoms with Crippen molar-refractivity contribution in [3.8, 4) is 11.5 Å². The van der Waals surface area contributed by atoms with Crippen LogP contribution in [0.5, 0.6) is 11.5 Å². The van der Waals surface area contributed by atoms with Gasteiger partial charge in [0.25, 0.3) is 5.69 Å². The van der Waals surface area contributed by atoms with E-state index in [0.717, 1.165) is 31.6 Å². The molecule has 2 aliphatic heterocycles. The molecular weight excluding hydrogens is 960 g/mol. The lowest BCUT2D eigenvalue weighted by Crippen LogP contribution is -2.39. The van der Waals surface area contributed by atoms with Crippen LogP contribution in [0.15, 0.2) is 166 Å². The largest absolute Gasteiger partial charge is 0.494 e. The third-order valence-electron chi connectivity index (χ3n) is 13.5. The van der Waals surface area contributed by atoms with E-state index in [4.69, 9.17) is 18.5 Å². The molecule has 0 radical (unpaired) electrons. The number of allylic oxidation sites excluding steroid dienone is 5. The maximum atomic E-state index is 12.9. The average Bonchev–Trinajstić information content (AvgIpc) is 3.75. The summed E-state index contributed by atoms with van der Waals surface area (Å²) in [6.45, 7) is 13.4. The Hall–Kier alpha value is -7.01. The van der Waals surface area contributed by atoms with Crippen molar-refractivity contribution in [1.29, 1.82) is 0 Å². The number of ether oxygens (including phenoxy) is 2. The van der Waals surface area contributed by atoms with Crippen LogP contribution >= 0.6 is 7.82 Å². The fourth-order valence-corrected chi connectivity index (χ4v) is 10.3. The molecule has 0 amide bonds. The number of phosphoric ester groups is 1. The minimum absolute atomic E-state index is 0.00440. The third kappa shape index (κ3) is 13.0. The van der Waals surface area contributed by atoms with Crippen LogP contribution in [-0.2, 0) is 24.4 Å². The molecule has 7 rings (SSSR count). The first-order chi connectivity index (χ1) is 35.6. The minimum Gasteiger partial charge on any atom is -0.494 e. The molecule has 0 saturated carbocycles. The van der Waals surface area contributed by atoms with Crippen molar-refractivity contribution in [2.75, 3.05) is 74.9 Å². The highest BCUT2D eigenvalue weighted by Crippen LogP contribution is 2.49. The van der Waals surface area contributed by atoms with Crippen LogP contribution < -0.4 is 24.2 Å². The second-order valence-corrected chi connectivity index (χ2v) is 20.3. The molecule has 0 spiro atoms. The van der Waals surface area contributed by atoms with Crippen LogP contribution in [-0.4, -0.2) is 81.2 Å². The zero-order valence-corrected chi connectivity index (χ0v) is 44.1. The summed E-state index contributed by atoms with van der Waals surface area (Å²) in [5, 5.41) is 37.9. The van der Waals surface area contributed by atoms with E-state index in [0.29, 0.717) is 40.7 Å². The molecule has 2 N–H and O–H groups in total. The van der Waals surface area contributed by atoms with Gasteiger partial charge in [-0.1, -0.05) is 88.4 Å². The first-order valence-corrected chi connectivity index (χ1v) is 26.3. The number of unbranched alkanes of at least 4 members (excludes halogenated alkanes) is 2. The van der Waals surface area contributed by atoms with E-state index in [1.54, 1.807) is 36.4 Å². The van der Waals surface area contributed by atoms with Gasteiger partial charge >= 0.3 is 7.82 Å². The van der Waals surface area contributed by atoms with Crippen molar-refractivity contribution in [2.24, 2.45) is 20.5 Å². The number of para-hydroxylation sites is 2. The molecule has 0 aliphatic carbocycles. The number of phosphoric acid groups is 1. The molecule has 0 saturated heterocycles. The summed E-state index contributed by atoms with van der Waals surface area (Å²) < 4.78 is 34.7. The highest BCUT2D eigenvalue weighted by atomic mass is 31.2. The number of hydrogen-bond acceptors (Lipinski definition) is 15. The first-order valence-electron chi connectivity index (χ1n) is 24.8. The third-order valence-corrected chi connectivity index (χ3v) is 14.5. The lowest BCUT2D eigenvalue weighted by atomic mass is 9.80. The van der Waals surface area contributed by atoms with E-state index in [9.17, 15) is 24.7 Å². The molecule has 2 heterocycles. The van der Waals surface area contributed by atoms with E-state index in [1.165, 1.54) is 66.7 Å². The Morgan fingerprint density at radius 3 is 1.95 bits per heavy atom. The van der Waals surface area contributed by atoms with Crippen molar-refractivity contribution >= 4 is 53.3 Å². The molecule has 2 unspecified atom stereocenters. The Bertz CT molecular complexity index is 2920. The van der Waals surface area contributed by atoms with Crippen molar-refractivity contribution < 1.29 is 38.0 Å². The number of anilines is 3. The minimum atomic E-state index is -4.34. The van der Waals surface area contributed by atoms with E-state index in [2.05, 4.69) is 144 Å². The summed E-state index contributed by atoms with van der Waals surface area (Å²) >= 11 is 0. The Morgan fingerprint density at radius 2 is 1.34 bits per heavy atom. The normalized spacial score (nSPS) is 17.2. The predicted octanol–water partition coefficient (Wildman–Crippen LogP) is 13.5. The summed E-state index contributed by atoms with van der Waals surface area (Å²) in [7, 11) is -1.39. The number of rotatable bonds is 25. The quantitative estimate of drug-likeness (QED) is 0.0140. The van der Waals surface area contributed by atoms with Crippen LogP contribution in [0.3, 0.4) is 0 Å². The smallest absolute Gasteiger partial charge is 0.472 e. The Kier molecular flexibility index (Phi) is 18.4. The van der Waals surface area contributed by atoms with Gasteiger partial charge in [-0.05, 0) is 91.9 Å². The van der Waals surface area contributed by atoms with Crippen LogP contribution in [0.25, 0.3) is 0 Å². The van der Waals surface area contributed by atoms with Gasteiger partial charge in [0, 0.05) is 84.0 Å². The lowest BCUT2D eigenvalue weighted by molar-refractivity contribution is -0.384. The van der Waals surface area contributed by atoms with Crippen LogP contribution in [0.2, 0.25) is 0 Å². The monoisotopic (exact) mass is 1030 g/mol. The van der Waals surface area contributed by atoms with Crippen LogP contribution in [0.1, 0.15) is 65.0 Å². The molecule has 390 valence electrons. The lowest BCUT2D eigenvalue weighted by Gasteiger charge is -2.31. The van der Waals surface area contributed by atoms with Gasteiger partial charge in [0.15, 0.2) is 0 Å². The number of methoxy groups -OCH3 is 2. The summed E-state index contributed by atoms with van der Waals surface area (Å²) in [6.07, 6.45) is 13.2. The fourth-order valence-electron chi connectivity index (χ4n) is 9.58. The molecule has 2 atom stereocenters. The number of azo groups is 2. The summed E-state index contributed by atoms with van der Waals surface area (Å²) in [6, 6.07) is 33.5. The first kappa shape index (κ1) is 54.8. The van der Waals surface area contributed by atoms with Gasteiger partial charge < -0.3 is 34.2 Å². The number of nitrogens with zero attached hydrogens (tertiary/aromatic N) is 8. The molecule has 0 aromatic heterocycles. The average molecular weight is 1030 g/mol. The fraction of sp³-hybridized carbons (Fsp3) is 0.357. The van der Waals surface area contributed by atoms with Crippen molar-refractivity contribution in [2.45, 2.75) is 70.8 Å². The Labute approximate surface area is 433 Å². The topological polar surface area (TPSA) is 197 Å². The molecule has 74 heavy (non-hydrogen) atoms. The van der Waals surface area contributed by atoms with Gasteiger partial charge in [-0.15, -0.1) is 10.2 Å². The Balaban J connectivity index is 0.875. The standard InChI is InChI=1S/C56H67N8O9P/c1-8-62-49-21-15-13-19-45(49)55(2,3)53(62)23-11-9-12-24-54-56(4,5)46-20-14-16-22-50(46)63(54)33-17-10-18-37-72-74(68,69)73-38-35-61(34-36-65)43-29-25-41(26-30-43)57-59-47-39-52(71-7)48(40-51(47)70-6)60-58-42-27-31-44(32-28-42)64(66)67/h9,11-16,19-32,39-40,53,65H,8,10,17-18,33-38H2,1-7H3,(H,68,69). The SMILES string of the molecule is CCN1c2ccccc2C(C)(C)C1C=CC=CC=C1N(CCCCCOP(=O)(O)OCCN(CCO)c2ccc(N=Nc3cc(OC)c(N=Nc4ccc([N+](=O)[O-])cc4)cc3OC)cc2)c2ccccc2C1(C)C. The number of non-ortho nitro benzene ring substituents is 1. The van der Waals surface area contributed by atoms with E-state index in [-0.39, 0.29) is 55.5 Å². The number of benzene rings is 5. The van der Waals surface area contributed by atoms with Crippen molar-refractivity contribution in [3.63, 3.8) is 0 Å². The van der Waals surface area contributed by atoms with Gasteiger partial charge in [0.1, 0.15) is 22.9 Å². The van der Waals surface area contributed by atoms with E-state index < -0.39 is 12.7 Å². The maximum absolute atomic E-state index is 12.9. The number of aliphatic hydroxyl groups is 1. The Morgan fingerprint density at radius 1 is 0.743 bits per heavy atom. The molecule has 17 nitrogen and oxygen atoms in total. The molecule has 2 aliphatic rings. The van der Waals surface area contributed by atoms with Gasteiger partial charge in [-0.25, -0.2) is 4.57 Å². The van der Waals surface area contributed by atoms with Crippen LogP contribution in [0.4, 0.5) is 45.5 Å². The van der Waals surface area contributed by atoms with Crippen molar-refractivity contribution in [1.82, 2.24) is 0 Å². The molecule has 0 bridgehead atoms. The maximum Gasteiger partial charge on any atom is 0.472 e. The van der Waals surface area contributed by atoms with Crippen LogP contribution in [0, 0.1) is 10.1 Å². The molecule has 18 heteroatoms. The number of aliphatic hydroxyl groups excluding tert-OH is 1. The zero-order valence-electron chi connectivity index (χ0n) is 43.2. The number of likely N-dealkylation sites (N-methyl/N-ethyl adjacent to an activating group) is 1. The van der Waals surface area contributed by atoms with Gasteiger partial charge in [0.2, 0.25) is 0 Å². The second-order valence-electron chi connectivity index (χ2n) is 18.9. The predicted molar refractivity (Wildman–Crippen MR) is 292 cm³/mol. The van der Waals surface area contributed by atoms with E-state index >= 15 is 0 Å². The molecule has 0 fully saturated rings. The molecule has 5 aromatic rings. The van der Waals surface area contributed by atoms with Gasteiger partial charge in [-0.2, -0.15) is 10.2 Å². The van der Waals surface area contributed by atoms with Crippen molar-refractivity contribution in [3.05, 3.63) is 167 Å². The van der Waals surface area contributed by atoms with Gasteiger partial charge in [-0.3, -0.25) is 19.2 Å². The molecular formula is C56H67N8O9P. The number of nitro groups is 1.